The van der Waals surface area contributed by atoms with Crippen LogP contribution >= 0.6 is 0 Å². The summed E-state index contributed by atoms with van der Waals surface area (Å²) < 4.78 is 0. The van der Waals surface area contributed by atoms with Gasteiger partial charge >= 0.3 is 0 Å². The van der Waals surface area contributed by atoms with Gasteiger partial charge < -0.3 is 15.5 Å². The molecule has 0 bridgehead atoms. The molecule has 2 aliphatic heterocycles. The molecule has 1 unspecified atom stereocenters. The molecule has 2 rings (SSSR count). The van der Waals surface area contributed by atoms with Gasteiger partial charge in [0.1, 0.15) is 0 Å². The Balaban J connectivity index is 1.72. The highest BCUT2D eigenvalue weighted by Gasteiger charge is 2.22. The molecule has 1 atom stereocenters. The maximum atomic E-state index is 5.77. The maximum Gasteiger partial charge on any atom is 0.0119 e. The number of likely N-dealkylation sites (tertiary alicyclic amines) is 2. The highest BCUT2D eigenvalue weighted by molar-refractivity contribution is 4.78. The van der Waals surface area contributed by atoms with Crippen LogP contribution in [0.15, 0.2) is 0 Å². The van der Waals surface area contributed by atoms with Gasteiger partial charge in [-0.3, -0.25) is 0 Å². The van der Waals surface area contributed by atoms with E-state index in [2.05, 4.69) is 9.80 Å². The first kappa shape index (κ1) is 13.3. The highest BCUT2D eigenvalue weighted by Crippen LogP contribution is 2.18. The van der Waals surface area contributed by atoms with E-state index in [-0.39, 0.29) is 0 Å². The molecule has 0 radical (unpaired) electrons. The van der Waals surface area contributed by atoms with E-state index in [1.54, 1.807) is 0 Å². The molecule has 0 aromatic rings. The molecule has 2 N–H and O–H groups in total. The normalized spacial score (nSPS) is 25.2. The summed E-state index contributed by atoms with van der Waals surface area (Å²) in [6, 6.07) is 0.754. The van der Waals surface area contributed by atoms with Crippen LogP contribution in [0.3, 0.4) is 0 Å². The number of rotatable bonds is 6. The summed E-state index contributed by atoms with van der Waals surface area (Å²) in [5, 5.41) is 0. The Morgan fingerprint density at radius 1 is 0.824 bits per heavy atom. The molecule has 17 heavy (non-hydrogen) atoms. The van der Waals surface area contributed by atoms with Crippen molar-refractivity contribution < 1.29 is 0 Å². The minimum Gasteiger partial charge on any atom is -0.330 e. The van der Waals surface area contributed by atoms with Crippen LogP contribution in [0.1, 0.15) is 44.9 Å². The van der Waals surface area contributed by atoms with Gasteiger partial charge in [-0.15, -0.1) is 0 Å². The zero-order valence-corrected chi connectivity index (χ0v) is 11.2. The molecule has 0 aromatic heterocycles. The summed E-state index contributed by atoms with van der Waals surface area (Å²) in [7, 11) is 0. The van der Waals surface area contributed by atoms with Crippen molar-refractivity contribution in [3.8, 4) is 0 Å². The van der Waals surface area contributed by atoms with E-state index >= 15 is 0 Å². The molecule has 3 heteroatoms. The number of piperidine rings is 1. The van der Waals surface area contributed by atoms with Crippen molar-refractivity contribution in [1.29, 1.82) is 0 Å². The number of hydrogen-bond donors (Lipinski definition) is 1. The fourth-order valence-corrected chi connectivity index (χ4v) is 3.32. The molecule has 100 valence electrons. The second kappa shape index (κ2) is 7.34. The smallest absolute Gasteiger partial charge is 0.0119 e. The van der Waals surface area contributed by atoms with Crippen molar-refractivity contribution in [2.75, 3.05) is 39.3 Å². The van der Waals surface area contributed by atoms with Crippen LogP contribution in [0.4, 0.5) is 0 Å². The zero-order chi connectivity index (χ0) is 11.9. The molecule has 0 amide bonds. The molecule has 2 aliphatic rings. The molecule has 2 fully saturated rings. The van der Waals surface area contributed by atoms with E-state index in [0.29, 0.717) is 0 Å². The lowest BCUT2D eigenvalue weighted by molar-refractivity contribution is 0.170. The Hall–Kier alpha value is -0.120. The number of nitrogens with zero attached hydrogens (tertiary/aromatic N) is 2. The second-order valence-corrected chi connectivity index (χ2v) is 5.67. The topological polar surface area (TPSA) is 32.5 Å². The standard InChI is InChI=1S/C14H29N3/c15-8-6-14(17-11-4-5-12-17)7-13-16-9-2-1-3-10-16/h14H,1-13,15H2. The molecule has 0 spiro atoms. The summed E-state index contributed by atoms with van der Waals surface area (Å²) in [4.78, 5) is 5.33. The molecular weight excluding hydrogens is 210 g/mol. The minimum atomic E-state index is 0.754. The molecule has 2 saturated heterocycles. The first-order valence-electron chi connectivity index (χ1n) is 7.56. The van der Waals surface area contributed by atoms with Crippen LogP contribution in [-0.2, 0) is 0 Å². The lowest BCUT2D eigenvalue weighted by Crippen LogP contribution is -2.39. The SMILES string of the molecule is NCCC(CCN1CCCCC1)N1CCCC1. The van der Waals surface area contributed by atoms with Crippen LogP contribution in [0.25, 0.3) is 0 Å². The van der Waals surface area contributed by atoms with Crippen molar-refractivity contribution in [3.63, 3.8) is 0 Å². The van der Waals surface area contributed by atoms with Crippen LogP contribution in [0.5, 0.6) is 0 Å². The third-order valence-electron chi connectivity index (χ3n) is 4.38. The van der Waals surface area contributed by atoms with E-state index in [0.717, 1.165) is 12.6 Å². The third kappa shape index (κ3) is 4.23. The van der Waals surface area contributed by atoms with E-state index in [1.807, 2.05) is 0 Å². The Morgan fingerprint density at radius 3 is 2.12 bits per heavy atom. The van der Waals surface area contributed by atoms with E-state index in [4.69, 9.17) is 5.73 Å². The van der Waals surface area contributed by atoms with Gasteiger partial charge in [0.05, 0.1) is 0 Å². The van der Waals surface area contributed by atoms with Gasteiger partial charge in [-0.2, -0.15) is 0 Å². The van der Waals surface area contributed by atoms with Crippen LogP contribution in [0, 0.1) is 0 Å². The predicted molar refractivity (Wildman–Crippen MR) is 73.2 cm³/mol. The summed E-state index contributed by atoms with van der Waals surface area (Å²) in [6.07, 6.45) is 9.56. The average molecular weight is 239 g/mol. The number of nitrogens with two attached hydrogens (primary N) is 1. The van der Waals surface area contributed by atoms with Gasteiger partial charge in [0.15, 0.2) is 0 Å². The Bertz CT molecular complexity index is 196. The van der Waals surface area contributed by atoms with Gasteiger partial charge in [-0.1, -0.05) is 6.42 Å². The summed E-state index contributed by atoms with van der Waals surface area (Å²) in [6.45, 7) is 7.42. The van der Waals surface area contributed by atoms with E-state index in [9.17, 15) is 0 Å². The monoisotopic (exact) mass is 239 g/mol. The van der Waals surface area contributed by atoms with Gasteiger partial charge in [0.25, 0.3) is 0 Å². The third-order valence-corrected chi connectivity index (χ3v) is 4.38. The van der Waals surface area contributed by atoms with E-state index < -0.39 is 0 Å². The lowest BCUT2D eigenvalue weighted by Gasteiger charge is -2.32. The fraction of sp³-hybridized carbons (Fsp3) is 1.00. The summed E-state index contributed by atoms with van der Waals surface area (Å²) in [5.74, 6) is 0. The van der Waals surface area contributed by atoms with Gasteiger partial charge in [-0.25, -0.2) is 0 Å². The summed E-state index contributed by atoms with van der Waals surface area (Å²) >= 11 is 0. The Morgan fingerprint density at radius 2 is 1.47 bits per heavy atom. The Labute approximate surface area is 106 Å². The largest absolute Gasteiger partial charge is 0.330 e. The van der Waals surface area contributed by atoms with Crippen LogP contribution < -0.4 is 5.73 Å². The van der Waals surface area contributed by atoms with Crippen molar-refractivity contribution in [3.05, 3.63) is 0 Å². The zero-order valence-electron chi connectivity index (χ0n) is 11.2. The molecule has 2 heterocycles. The van der Waals surface area contributed by atoms with Crippen molar-refractivity contribution in [1.82, 2.24) is 9.80 Å². The first-order chi connectivity index (χ1) is 8.40. The fourth-order valence-electron chi connectivity index (χ4n) is 3.32. The molecular formula is C14H29N3. The number of hydrogen-bond acceptors (Lipinski definition) is 3. The van der Waals surface area contributed by atoms with Crippen molar-refractivity contribution >= 4 is 0 Å². The van der Waals surface area contributed by atoms with Gasteiger partial charge in [0.2, 0.25) is 0 Å². The summed E-state index contributed by atoms with van der Waals surface area (Å²) in [5.41, 5.74) is 5.77. The van der Waals surface area contributed by atoms with Crippen LogP contribution in [0.2, 0.25) is 0 Å². The van der Waals surface area contributed by atoms with Crippen LogP contribution in [-0.4, -0.2) is 55.1 Å². The molecule has 0 aliphatic carbocycles. The van der Waals surface area contributed by atoms with Crippen molar-refractivity contribution in [2.24, 2.45) is 5.73 Å². The quantitative estimate of drug-likeness (QED) is 0.765. The van der Waals surface area contributed by atoms with Crippen molar-refractivity contribution in [2.45, 2.75) is 51.0 Å². The van der Waals surface area contributed by atoms with Gasteiger partial charge in [0, 0.05) is 6.04 Å². The minimum absolute atomic E-state index is 0.754. The molecule has 0 aromatic carbocycles. The van der Waals surface area contributed by atoms with Gasteiger partial charge in [-0.05, 0) is 77.8 Å². The average Bonchev–Trinajstić information content (AvgIpc) is 2.89. The lowest BCUT2D eigenvalue weighted by atomic mass is 10.1. The molecule has 3 nitrogen and oxygen atoms in total. The van der Waals surface area contributed by atoms with E-state index in [1.165, 1.54) is 77.7 Å². The molecule has 0 saturated carbocycles. The highest BCUT2D eigenvalue weighted by atomic mass is 15.2. The predicted octanol–water partition coefficient (Wildman–Crippen LogP) is 1.68. The maximum absolute atomic E-state index is 5.77. The first-order valence-corrected chi connectivity index (χ1v) is 7.56. The second-order valence-electron chi connectivity index (χ2n) is 5.67. The Kier molecular flexibility index (Phi) is 5.75.